The number of pyridine rings is 2. The molecular formula is C14H18ClI4N3. The molecule has 2 aromatic rings. The van der Waals surface area contributed by atoms with Gasteiger partial charge in [0.25, 0.3) is 0 Å². The highest BCUT2D eigenvalue weighted by Crippen LogP contribution is 2.16. The Balaban J connectivity index is 0. The zero-order chi connectivity index (χ0) is 16.4. The molecular weight excluding hydrogens is 753 g/mol. The lowest BCUT2D eigenvalue weighted by Gasteiger charge is -1.98. The fourth-order valence-corrected chi connectivity index (χ4v) is 2.19. The summed E-state index contributed by atoms with van der Waals surface area (Å²) in [7, 11) is 0. The smallest absolute Gasteiger partial charge is 0.132 e. The van der Waals surface area contributed by atoms with E-state index < -0.39 is 0 Å². The Hall–Kier alpha value is 1.31. The Morgan fingerprint density at radius 1 is 1.00 bits per heavy atom. The molecule has 0 radical (unpaired) electrons. The summed E-state index contributed by atoms with van der Waals surface area (Å²) in [5.74, 6) is 0.627. The summed E-state index contributed by atoms with van der Waals surface area (Å²) in [5.41, 5.74) is 7.63. The summed E-state index contributed by atoms with van der Waals surface area (Å²) < 4.78 is 3.52. The van der Waals surface area contributed by atoms with Crippen LogP contribution in [-0.2, 0) is 0 Å². The molecule has 0 aliphatic rings. The molecule has 0 aromatic carbocycles. The normalized spacial score (nSPS) is 8.68. The van der Waals surface area contributed by atoms with E-state index in [1.807, 2.05) is 26.0 Å². The molecule has 22 heavy (non-hydrogen) atoms. The summed E-state index contributed by atoms with van der Waals surface area (Å²) in [6.45, 7) is 3.92. The van der Waals surface area contributed by atoms with E-state index >= 15 is 0 Å². The molecule has 2 heterocycles. The number of nitrogens with two attached hydrogens (primary N) is 1. The molecule has 0 aliphatic heterocycles. The maximum absolute atomic E-state index is 5.70. The van der Waals surface area contributed by atoms with E-state index in [4.69, 9.17) is 17.3 Å². The van der Waals surface area contributed by atoms with E-state index in [0.717, 1.165) is 14.7 Å². The monoisotopic (exact) mass is 771 g/mol. The molecule has 0 aliphatic carbocycles. The molecule has 0 fully saturated rings. The minimum absolute atomic E-state index is 0. The van der Waals surface area contributed by atoms with Crippen molar-refractivity contribution in [2.75, 3.05) is 8.17 Å². The van der Waals surface area contributed by atoms with Crippen molar-refractivity contribution in [2.24, 2.45) is 0 Å². The Labute approximate surface area is 192 Å². The number of anilines is 1. The van der Waals surface area contributed by atoms with Gasteiger partial charge in [-0.25, -0.2) is 9.97 Å². The molecule has 2 rings (SSSR count). The molecule has 0 saturated carbocycles. The van der Waals surface area contributed by atoms with Crippen LogP contribution in [0.25, 0.3) is 0 Å². The lowest BCUT2D eigenvalue weighted by molar-refractivity contribution is 1.25. The minimum Gasteiger partial charge on any atom is -0.383 e. The summed E-state index contributed by atoms with van der Waals surface area (Å²) in [6, 6.07) is 3.87. The molecule has 8 heteroatoms. The van der Waals surface area contributed by atoms with Gasteiger partial charge in [0.2, 0.25) is 0 Å². The van der Waals surface area contributed by atoms with Crippen LogP contribution >= 0.6 is 102 Å². The first kappa shape index (κ1) is 25.5. The van der Waals surface area contributed by atoms with Gasteiger partial charge in [0.15, 0.2) is 0 Å². The summed E-state index contributed by atoms with van der Waals surface area (Å²) in [4.78, 5) is 7.81. The molecule has 0 amide bonds. The average Bonchev–Trinajstić information content (AvgIpc) is 2.44. The third kappa shape index (κ3) is 10.2. The number of halogens is 5. The van der Waals surface area contributed by atoms with Crippen LogP contribution in [0.5, 0.6) is 0 Å². The molecule has 0 spiro atoms. The molecule has 0 saturated heterocycles. The number of aromatic nitrogens is 2. The van der Waals surface area contributed by atoms with Crippen LogP contribution < -0.4 is 5.73 Å². The Morgan fingerprint density at radius 3 is 1.73 bits per heavy atom. The molecule has 0 unspecified atom stereocenters. The third-order valence-corrected chi connectivity index (χ3v) is 4.97. The van der Waals surface area contributed by atoms with E-state index in [1.165, 1.54) is 6.00 Å². The minimum atomic E-state index is 0. The van der Waals surface area contributed by atoms with E-state index in [9.17, 15) is 0 Å². The van der Waals surface area contributed by atoms with Crippen molar-refractivity contribution in [1.29, 1.82) is 0 Å². The standard InChI is InChI=1S/C6H5ClIN.C6H7IN2.CH2I2.CH4/c1-4-5(8)2-3-9-6(4)7;1-4-5(7)2-3-9-6(4)8;2-1-3;/h2-3H,1H3;2-3H,1H3,(H2,8,9);1H2;1H4. The zero-order valence-electron chi connectivity index (χ0n) is 11.4. The van der Waals surface area contributed by atoms with Crippen LogP contribution in [0.2, 0.25) is 5.15 Å². The van der Waals surface area contributed by atoms with Gasteiger partial charge in [-0.2, -0.15) is 0 Å². The Bertz CT molecular complexity index is 478. The topological polar surface area (TPSA) is 51.8 Å². The lowest BCUT2D eigenvalue weighted by Crippen LogP contribution is -1.94. The highest BCUT2D eigenvalue weighted by molar-refractivity contribution is 14.2. The quantitative estimate of drug-likeness (QED) is 0.185. The van der Waals surface area contributed by atoms with Crippen LogP contribution in [-0.4, -0.2) is 12.4 Å². The van der Waals surface area contributed by atoms with E-state index in [1.54, 1.807) is 12.4 Å². The first-order valence-electron chi connectivity index (χ1n) is 5.60. The SMILES string of the molecule is C.Cc1c(I)ccnc1Cl.Cc1c(I)ccnc1N.ICI. The Kier molecular flexibility index (Phi) is 17.0. The van der Waals surface area contributed by atoms with Crippen molar-refractivity contribution in [2.45, 2.75) is 21.3 Å². The van der Waals surface area contributed by atoms with Crippen molar-refractivity contribution in [3.63, 3.8) is 0 Å². The van der Waals surface area contributed by atoms with Crippen LogP contribution in [0.3, 0.4) is 0 Å². The van der Waals surface area contributed by atoms with Crippen molar-refractivity contribution < 1.29 is 0 Å². The number of rotatable bonds is 0. The number of hydrogen-bond donors (Lipinski definition) is 1. The summed E-state index contributed by atoms with van der Waals surface area (Å²) in [6.07, 6.45) is 3.42. The molecule has 124 valence electrons. The van der Waals surface area contributed by atoms with Gasteiger partial charge in [0.05, 0.1) is 2.43 Å². The molecule has 2 N–H and O–H groups in total. The van der Waals surface area contributed by atoms with Gasteiger partial charge in [-0.3, -0.25) is 0 Å². The fraction of sp³-hybridized carbons (Fsp3) is 0.286. The number of nitrogen functional groups attached to an aromatic ring is 1. The predicted molar refractivity (Wildman–Crippen MR) is 132 cm³/mol. The molecule has 0 atom stereocenters. The highest BCUT2D eigenvalue weighted by Gasteiger charge is 1.97. The zero-order valence-corrected chi connectivity index (χ0v) is 20.8. The van der Waals surface area contributed by atoms with Crippen LogP contribution in [0.15, 0.2) is 24.5 Å². The van der Waals surface area contributed by atoms with Crippen LogP contribution in [0.1, 0.15) is 18.6 Å². The second-order valence-corrected chi connectivity index (χ2v) is 10.7. The van der Waals surface area contributed by atoms with Gasteiger partial charge in [-0.1, -0.05) is 64.2 Å². The number of nitrogens with zero attached hydrogens (tertiary/aromatic N) is 2. The molecule has 2 aromatic heterocycles. The Morgan fingerprint density at radius 2 is 1.41 bits per heavy atom. The largest absolute Gasteiger partial charge is 0.383 e. The second kappa shape index (κ2) is 14.6. The molecule has 0 bridgehead atoms. The van der Waals surface area contributed by atoms with E-state index in [2.05, 4.69) is 100 Å². The van der Waals surface area contributed by atoms with Gasteiger partial charge in [-0.15, -0.1) is 0 Å². The molecule has 3 nitrogen and oxygen atoms in total. The fourth-order valence-electron chi connectivity index (χ4n) is 1.02. The first-order chi connectivity index (χ1) is 9.84. The summed E-state index contributed by atoms with van der Waals surface area (Å²) in [5, 5.41) is 0.599. The van der Waals surface area contributed by atoms with Crippen molar-refractivity contribution in [3.8, 4) is 0 Å². The number of alkyl halides is 2. The highest BCUT2D eigenvalue weighted by atomic mass is 127. The van der Waals surface area contributed by atoms with Crippen molar-refractivity contribution in [1.82, 2.24) is 9.97 Å². The van der Waals surface area contributed by atoms with Gasteiger partial charge < -0.3 is 5.73 Å². The third-order valence-electron chi connectivity index (χ3n) is 2.25. The second-order valence-electron chi connectivity index (χ2n) is 3.61. The maximum Gasteiger partial charge on any atom is 0.132 e. The van der Waals surface area contributed by atoms with Crippen LogP contribution in [0, 0.1) is 21.0 Å². The number of hydrogen-bond acceptors (Lipinski definition) is 3. The van der Waals surface area contributed by atoms with Crippen molar-refractivity contribution in [3.05, 3.63) is 47.9 Å². The van der Waals surface area contributed by atoms with Gasteiger partial charge in [-0.05, 0) is 76.7 Å². The van der Waals surface area contributed by atoms with E-state index in [0.29, 0.717) is 11.0 Å². The van der Waals surface area contributed by atoms with Crippen LogP contribution in [0.4, 0.5) is 5.82 Å². The van der Waals surface area contributed by atoms with Crippen molar-refractivity contribution >= 4 is 108 Å². The summed E-state index contributed by atoms with van der Waals surface area (Å²) >= 11 is 14.7. The van der Waals surface area contributed by atoms with Gasteiger partial charge >= 0.3 is 0 Å². The van der Waals surface area contributed by atoms with E-state index in [-0.39, 0.29) is 7.43 Å². The first-order valence-corrected chi connectivity index (χ1v) is 11.2. The average molecular weight is 771 g/mol. The van der Waals surface area contributed by atoms with Gasteiger partial charge in [0.1, 0.15) is 11.0 Å². The maximum atomic E-state index is 5.70. The van der Waals surface area contributed by atoms with Gasteiger partial charge in [0, 0.05) is 25.1 Å². The lowest BCUT2D eigenvalue weighted by atomic mass is 10.3. The predicted octanol–water partition coefficient (Wildman–Crippen LogP) is 6.67.